The molecule has 2 aromatic carbocycles. The lowest BCUT2D eigenvalue weighted by atomic mass is 9.97. The van der Waals surface area contributed by atoms with E-state index in [-0.39, 0.29) is 11.2 Å². The molecular weight excluding hydrogens is 590 g/mol. The lowest BCUT2D eigenvalue weighted by Gasteiger charge is -2.23. The molecule has 0 aliphatic heterocycles. The summed E-state index contributed by atoms with van der Waals surface area (Å²) >= 11 is 4.37. The van der Waals surface area contributed by atoms with E-state index in [2.05, 4.69) is 36.8 Å². The van der Waals surface area contributed by atoms with Crippen LogP contribution in [0.3, 0.4) is 0 Å². The Morgan fingerprint density at radius 3 is 2.05 bits per heavy atom. The number of aromatic nitrogens is 2. The predicted molar refractivity (Wildman–Crippen MR) is 129 cm³/mol. The van der Waals surface area contributed by atoms with Crippen molar-refractivity contribution in [2.24, 2.45) is 5.92 Å². The topological polar surface area (TPSA) is 84.0 Å². The number of benzene rings is 2. The molecule has 198 valence electrons. The Morgan fingerprint density at radius 1 is 0.973 bits per heavy atom. The first kappa shape index (κ1) is 28.6. The fraction of sp³-hybridized carbons (Fsp3) is 0.304. The highest BCUT2D eigenvalue weighted by atomic mass is 79.9. The molecule has 2 N–H and O–H groups in total. The van der Waals surface area contributed by atoms with Crippen LogP contribution in [-0.4, -0.2) is 28.1 Å². The SMILES string of the molecule is CC[C@H](C)[C@H](NC(=O)c1cc(C(F)(F)F)cc(C(F)(F)F)c1)C(=O)Nc1nnc(-c2ccc(Br)cc2)s1. The second-order valence-corrected chi connectivity index (χ2v) is 9.93. The Bertz CT molecular complexity index is 1250. The van der Waals surface area contributed by atoms with Crippen molar-refractivity contribution in [2.75, 3.05) is 5.32 Å². The number of hydrogen-bond acceptors (Lipinski definition) is 5. The standard InChI is InChI=1S/C23H19BrF6N4O2S/c1-3-11(2)17(19(36)32-21-34-33-20(37-21)12-4-6-16(24)7-5-12)31-18(35)13-8-14(22(25,26)27)10-15(9-13)23(28,29)30/h4-11,17H,3H2,1-2H3,(H,31,35)(H,32,34,36)/t11-,17-/m0/s1. The molecule has 0 radical (unpaired) electrons. The maximum atomic E-state index is 13.2. The molecule has 3 aromatic rings. The van der Waals surface area contributed by atoms with Crippen LogP contribution >= 0.6 is 27.3 Å². The van der Waals surface area contributed by atoms with E-state index in [1.165, 1.54) is 0 Å². The van der Waals surface area contributed by atoms with E-state index in [1.807, 2.05) is 0 Å². The first-order chi connectivity index (χ1) is 17.2. The molecule has 6 nitrogen and oxygen atoms in total. The number of rotatable bonds is 7. The van der Waals surface area contributed by atoms with E-state index in [0.717, 1.165) is 21.4 Å². The maximum Gasteiger partial charge on any atom is 0.416 e. The molecule has 2 amide bonds. The fourth-order valence-electron chi connectivity index (χ4n) is 3.18. The van der Waals surface area contributed by atoms with Crippen LogP contribution in [0.2, 0.25) is 0 Å². The third-order valence-electron chi connectivity index (χ3n) is 5.38. The Kier molecular flexibility index (Phi) is 8.63. The van der Waals surface area contributed by atoms with Crippen LogP contribution in [0.1, 0.15) is 41.8 Å². The summed E-state index contributed by atoms with van der Waals surface area (Å²) in [5.41, 5.74) is -3.41. The summed E-state index contributed by atoms with van der Waals surface area (Å²) in [6, 6.07) is 6.42. The Labute approximate surface area is 219 Å². The minimum Gasteiger partial charge on any atom is -0.340 e. The maximum absolute atomic E-state index is 13.2. The number of nitrogens with one attached hydrogen (secondary N) is 2. The molecule has 0 aliphatic carbocycles. The average molecular weight is 609 g/mol. The summed E-state index contributed by atoms with van der Waals surface area (Å²) in [7, 11) is 0. The van der Waals surface area contributed by atoms with Crippen LogP contribution in [0.15, 0.2) is 46.9 Å². The van der Waals surface area contributed by atoms with Crippen molar-refractivity contribution in [2.45, 2.75) is 38.7 Å². The molecule has 0 fully saturated rings. The van der Waals surface area contributed by atoms with Gasteiger partial charge < -0.3 is 5.32 Å². The molecule has 3 rings (SSSR count). The molecule has 0 aliphatic rings. The van der Waals surface area contributed by atoms with E-state index in [4.69, 9.17) is 0 Å². The molecule has 0 bridgehead atoms. The Hall–Kier alpha value is -3.00. The quantitative estimate of drug-likeness (QED) is 0.289. The normalized spacial score (nSPS) is 13.6. The first-order valence-corrected chi connectivity index (χ1v) is 12.3. The summed E-state index contributed by atoms with van der Waals surface area (Å²) in [4.78, 5) is 25.7. The predicted octanol–water partition coefficient (Wildman–Crippen LogP) is 6.79. The zero-order valence-corrected chi connectivity index (χ0v) is 21.6. The molecule has 0 saturated carbocycles. The number of carbonyl (C=O) groups excluding carboxylic acids is 2. The number of hydrogen-bond donors (Lipinski definition) is 2. The van der Waals surface area contributed by atoms with Crippen molar-refractivity contribution >= 4 is 44.2 Å². The molecular formula is C23H19BrF6N4O2S. The summed E-state index contributed by atoms with van der Waals surface area (Å²) in [6.07, 6.45) is -9.86. The molecule has 1 aromatic heterocycles. The van der Waals surface area contributed by atoms with Crippen LogP contribution in [0, 0.1) is 5.92 Å². The van der Waals surface area contributed by atoms with Crippen LogP contribution in [0.4, 0.5) is 31.5 Å². The number of carbonyl (C=O) groups is 2. The highest BCUT2D eigenvalue weighted by molar-refractivity contribution is 9.10. The van der Waals surface area contributed by atoms with Gasteiger partial charge in [0.15, 0.2) is 0 Å². The van der Waals surface area contributed by atoms with Crippen molar-refractivity contribution in [3.8, 4) is 10.6 Å². The lowest BCUT2D eigenvalue weighted by Crippen LogP contribution is -2.47. The number of alkyl halides is 6. The fourth-order valence-corrected chi connectivity index (χ4v) is 4.19. The van der Waals surface area contributed by atoms with Gasteiger partial charge in [-0.05, 0) is 36.2 Å². The van der Waals surface area contributed by atoms with Gasteiger partial charge in [-0.2, -0.15) is 26.3 Å². The monoisotopic (exact) mass is 608 g/mol. The summed E-state index contributed by atoms with van der Waals surface area (Å²) in [5.74, 6) is -2.52. The van der Waals surface area contributed by atoms with Gasteiger partial charge in [0.25, 0.3) is 5.91 Å². The summed E-state index contributed by atoms with van der Waals surface area (Å²) in [5, 5.41) is 13.3. The second-order valence-electron chi connectivity index (χ2n) is 8.04. The smallest absolute Gasteiger partial charge is 0.340 e. The van der Waals surface area contributed by atoms with Gasteiger partial charge in [0.2, 0.25) is 11.0 Å². The van der Waals surface area contributed by atoms with E-state index in [9.17, 15) is 35.9 Å². The number of anilines is 1. The molecule has 2 atom stereocenters. The zero-order valence-electron chi connectivity index (χ0n) is 19.2. The van der Waals surface area contributed by atoms with Gasteiger partial charge in [-0.25, -0.2) is 0 Å². The molecule has 14 heteroatoms. The van der Waals surface area contributed by atoms with E-state index >= 15 is 0 Å². The van der Waals surface area contributed by atoms with Gasteiger partial charge in [0.05, 0.1) is 11.1 Å². The number of halogens is 7. The minimum atomic E-state index is -5.12. The number of amides is 2. The van der Waals surface area contributed by atoms with Gasteiger partial charge in [-0.3, -0.25) is 14.9 Å². The van der Waals surface area contributed by atoms with Gasteiger partial charge >= 0.3 is 12.4 Å². The van der Waals surface area contributed by atoms with Crippen molar-refractivity contribution in [3.63, 3.8) is 0 Å². The highest BCUT2D eigenvalue weighted by Gasteiger charge is 2.38. The second kappa shape index (κ2) is 11.2. The highest BCUT2D eigenvalue weighted by Crippen LogP contribution is 2.36. The van der Waals surface area contributed by atoms with E-state index in [1.54, 1.807) is 38.1 Å². The zero-order chi connectivity index (χ0) is 27.5. The molecule has 0 saturated heterocycles. The van der Waals surface area contributed by atoms with Crippen molar-refractivity contribution < 1.29 is 35.9 Å². The van der Waals surface area contributed by atoms with Crippen molar-refractivity contribution in [1.82, 2.24) is 15.5 Å². The van der Waals surface area contributed by atoms with Gasteiger partial charge in [0, 0.05) is 15.6 Å². The molecule has 37 heavy (non-hydrogen) atoms. The Morgan fingerprint density at radius 2 is 1.54 bits per heavy atom. The molecule has 0 spiro atoms. The third-order valence-corrected chi connectivity index (χ3v) is 6.79. The largest absolute Gasteiger partial charge is 0.416 e. The first-order valence-electron chi connectivity index (χ1n) is 10.7. The van der Waals surface area contributed by atoms with Crippen LogP contribution < -0.4 is 10.6 Å². The molecule has 0 unspecified atom stereocenters. The van der Waals surface area contributed by atoms with E-state index in [0.29, 0.717) is 23.6 Å². The van der Waals surface area contributed by atoms with Gasteiger partial charge in [0.1, 0.15) is 11.0 Å². The third kappa shape index (κ3) is 7.28. The van der Waals surface area contributed by atoms with Gasteiger partial charge in [-0.15, -0.1) is 10.2 Å². The van der Waals surface area contributed by atoms with Crippen LogP contribution in [0.5, 0.6) is 0 Å². The lowest BCUT2D eigenvalue weighted by molar-refractivity contribution is -0.143. The van der Waals surface area contributed by atoms with E-state index < -0.39 is 52.8 Å². The van der Waals surface area contributed by atoms with Crippen molar-refractivity contribution in [3.05, 3.63) is 63.6 Å². The van der Waals surface area contributed by atoms with Crippen LogP contribution in [0.25, 0.3) is 10.6 Å². The average Bonchev–Trinajstić information content (AvgIpc) is 3.29. The minimum absolute atomic E-state index is 0.0753. The number of nitrogens with zero attached hydrogens (tertiary/aromatic N) is 2. The van der Waals surface area contributed by atoms with Gasteiger partial charge in [-0.1, -0.05) is 59.7 Å². The summed E-state index contributed by atoms with van der Waals surface area (Å²) in [6.45, 7) is 3.31. The van der Waals surface area contributed by atoms with Crippen molar-refractivity contribution in [1.29, 1.82) is 0 Å². The Balaban J connectivity index is 1.84. The molecule has 1 heterocycles. The summed E-state index contributed by atoms with van der Waals surface area (Å²) < 4.78 is 79.9. The van der Waals surface area contributed by atoms with Crippen LogP contribution in [-0.2, 0) is 17.1 Å².